The molecule has 0 radical (unpaired) electrons. The molecule has 3 heteroatoms. The Hall–Kier alpha value is 0.110. The molecule has 4 rings (SSSR count). The van der Waals surface area contributed by atoms with Crippen molar-refractivity contribution in [1.29, 1.82) is 0 Å². The number of carbonyl (C=O) groups is 1. The predicted molar refractivity (Wildman–Crippen MR) is 100 cm³/mol. The molecule has 0 spiro atoms. The fraction of sp³-hybridized carbons (Fsp3) is 0.952. The standard InChI is InChI=1S/C21H33BrO2/c1-20(24)9-7-14-13(11-20)3-4-16-15(14)8-10-21(2)17(16)5-6-18(21)19(23)12-22/h13-18,24H,3-12H2,1-2H3/t13-,14+,15-,16-,17+,18?,20-,21+/m1/s1. The van der Waals surface area contributed by atoms with E-state index in [-0.39, 0.29) is 5.41 Å². The third kappa shape index (κ3) is 2.64. The van der Waals surface area contributed by atoms with Gasteiger partial charge in [0, 0.05) is 5.92 Å². The molecule has 0 bridgehead atoms. The lowest BCUT2D eigenvalue weighted by Gasteiger charge is -2.56. The minimum atomic E-state index is -0.419. The second-order valence-electron chi connectivity index (χ2n) is 9.95. The number of ketones is 1. The Balaban J connectivity index is 1.54. The van der Waals surface area contributed by atoms with E-state index in [4.69, 9.17) is 0 Å². The van der Waals surface area contributed by atoms with Gasteiger partial charge in [-0.25, -0.2) is 0 Å². The fourth-order valence-corrected chi connectivity index (χ4v) is 8.09. The number of carbonyl (C=O) groups excluding carboxylic acids is 1. The van der Waals surface area contributed by atoms with Crippen LogP contribution in [0.5, 0.6) is 0 Å². The lowest BCUT2D eigenvalue weighted by Crippen LogP contribution is -2.51. The third-order valence-electron chi connectivity index (χ3n) is 8.76. The van der Waals surface area contributed by atoms with Crippen molar-refractivity contribution in [2.24, 2.45) is 40.9 Å². The number of aliphatic hydroxyl groups is 1. The van der Waals surface area contributed by atoms with Gasteiger partial charge in [-0.3, -0.25) is 4.79 Å². The van der Waals surface area contributed by atoms with Gasteiger partial charge in [-0.2, -0.15) is 0 Å². The van der Waals surface area contributed by atoms with Crippen molar-refractivity contribution in [3.63, 3.8) is 0 Å². The monoisotopic (exact) mass is 396 g/mol. The Morgan fingerprint density at radius 1 is 1.00 bits per heavy atom. The zero-order chi connectivity index (χ0) is 17.1. The molecule has 0 aliphatic heterocycles. The van der Waals surface area contributed by atoms with Gasteiger partial charge >= 0.3 is 0 Å². The molecule has 4 aliphatic rings. The molecule has 4 fully saturated rings. The first-order chi connectivity index (χ1) is 11.4. The summed E-state index contributed by atoms with van der Waals surface area (Å²) < 4.78 is 0. The predicted octanol–water partition coefficient (Wildman–Crippen LogP) is 4.97. The number of fused-ring (bicyclic) bond motifs is 5. The van der Waals surface area contributed by atoms with Crippen LogP contribution in [-0.4, -0.2) is 21.8 Å². The van der Waals surface area contributed by atoms with Gasteiger partial charge in [0.2, 0.25) is 0 Å². The molecular formula is C21H33BrO2. The number of hydrogen-bond donors (Lipinski definition) is 1. The van der Waals surface area contributed by atoms with Crippen molar-refractivity contribution < 1.29 is 9.90 Å². The molecule has 0 aromatic carbocycles. The summed E-state index contributed by atoms with van der Waals surface area (Å²) in [5, 5.41) is 11.0. The largest absolute Gasteiger partial charge is 0.390 e. The average Bonchev–Trinajstić information content (AvgIpc) is 2.90. The SMILES string of the molecule is C[C@@]1(O)CC[C@H]2[C@H](CC[C@@H]3[C@@H]2CC[C@]2(C)C(C(=O)CBr)CC[C@@H]32)C1. The molecule has 1 N–H and O–H groups in total. The van der Waals surface area contributed by atoms with Gasteiger partial charge in [0.25, 0.3) is 0 Å². The van der Waals surface area contributed by atoms with Crippen LogP contribution in [0.1, 0.15) is 71.6 Å². The van der Waals surface area contributed by atoms with E-state index in [0.29, 0.717) is 17.0 Å². The van der Waals surface area contributed by atoms with Crippen molar-refractivity contribution in [3.8, 4) is 0 Å². The van der Waals surface area contributed by atoms with Gasteiger partial charge in [-0.1, -0.05) is 22.9 Å². The van der Waals surface area contributed by atoms with E-state index in [1.807, 2.05) is 6.92 Å². The second-order valence-corrected chi connectivity index (χ2v) is 10.5. The van der Waals surface area contributed by atoms with E-state index in [2.05, 4.69) is 22.9 Å². The molecule has 24 heavy (non-hydrogen) atoms. The van der Waals surface area contributed by atoms with Gasteiger partial charge in [-0.15, -0.1) is 0 Å². The molecule has 0 saturated heterocycles. The summed E-state index contributed by atoms with van der Waals surface area (Å²) in [6.45, 7) is 4.48. The maximum absolute atomic E-state index is 12.5. The van der Waals surface area contributed by atoms with Crippen LogP contribution >= 0.6 is 15.9 Å². The molecule has 0 amide bonds. The third-order valence-corrected chi connectivity index (χ3v) is 9.31. The van der Waals surface area contributed by atoms with E-state index in [1.54, 1.807) is 0 Å². The van der Waals surface area contributed by atoms with Crippen LogP contribution in [0.2, 0.25) is 0 Å². The molecule has 1 unspecified atom stereocenters. The van der Waals surface area contributed by atoms with Gasteiger partial charge in [0.1, 0.15) is 5.78 Å². The van der Waals surface area contributed by atoms with Crippen molar-refractivity contribution in [3.05, 3.63) is 0 Å². The van der Waals surface area contributed by atoms with Gasteiger partial charge < -0.3 is 5.11 Å². The number of rotatable bonds is 2. The average molecular weight is 397 g/mol. The molecule has 8 atom stereocenters. The topological polar surface area (TPSA) is 37.3 Å². The molecule has 0 heterocycles. The highest BCUT2D eigenvalue weighted by molar-refractivity contribution is 9.09. The Kier molecular flexibility index (Phi) is 4.44. The fourth-order valence-electron chi connectivity index (χ4n) is 7.70. The number of Topliss-reactive ketones (excluding diaryl/α,β-unsaturated/α-hetero) is 1. The lowest BCUT2D eigenvalue weighted by atomic mass is 9.49. The number of halogens is 1. The molecule has 4 saturated carbocycles. The summed E-state index contributed by atoms with van der Waals surface area (Å²) in [5.41, 5.74) is -0.156. The van der Waals surface area contributed by atoms with Crippen molar-refractivity contribution in [2.75, 3.05) is 5.33 Å². The van der Waals surface area contributed by atoms with Crippen molar-refractivity contribution in [1.82, 2.24) is 0 Å². The first-order valence-electron chi connectivity index (χ1n) is 10.2. The van der Waals surface area contributed by atoms with Crippen molar-refractivity contribution in [2.45, 2.75) is 77.2 Å². The minimum absolute atomic E-state index is 0.263. The van der Waals surface area contributed by atoms with Crippen LogP contribution < -0.4 is 0 Å². The highest BCUT2D eigenvalue weighted by Crippen LogP contribution is 2.64. The number of hydrogen-bond acceptors (Lipinski definition) is 2. The van der Waals surface area contributed by atoms with Crippen molar-refractivity contribution >= 4 is 21.7 Å². The van der Waals surface area contributed by atoms with E-state index in [1.165, 1.54) is 38.5 Å². The van der Waals surface area contributed by atoms with Gasteiger partial charge in [0.15, 0.2) is 0 Å². The Morgan fingerprint density at radius 2 is 1.75 bits per heavy atom. The molecule has 4 aliphatic carbocycles. The Labute approximate surface area is 155 Å². The summed E-state index contributed by atoms with van der Waals surface area (Å²) >= 11 is 3.42. The normalized spacial score (nSPS) is 53.8. The zero-order valence-corrected chi connectivity index (χ0v) is 16.9. The molecule has 0 aromatic rings. The highest BCUT2D eigenvalue weighted by Gasteiger charge is 2.58. The maximum Gasteiger partial charge on any atom is 0.147 e. The Bertz CT molecular complexity index is 516. The maximum atomic E-state index is 12.5. The molecule has 2 nitrogen and oxygen atoms in total. The summed E-state index contributed by atoms with van der Waals surface area (Å²) in [7, 11) is 0. The molecule has 136 valence electrons. The van der Waals surface area contributed by atoms with Crippen LogP contribution in [0.25, 0.3) is 0 Å². The summed E-state index contributed by atoms with van der Waals surface area (Å²) in [6, 6.07) is 0. The van der Waals surface area contributed by atoms with Crippen LogP contribution in [-0.2, 0) is 4.79 Å². The van der Waals surface area contributed by atoms with Gasteiger partial charge in [-0.05, 0) is 99.7 Å². The van der Waals surface area contributed by atoms with E-state index >= 15 is 0 Å². The zero-order valence-electron chi connectivity index (χ0n) is 15.3. The molecular weight excluding hydrogens is 364 g/mol. The quantitative estimate of drug-likeness (QED) is 0.668. The first kappa shape index (κ1) is 17.5. The summed E-state index contributed by atoms with van der Waals surface area (Å²) in [6.07, 6.45) is 10.9. The van der Waals surface area contributed by atoms with Crippen LogP contribution in [0.4, 0.5) is 0 Å². The Morgan fingerprint density at radius 3 is 2.50 bits per heavy atom. The highest BCUT2D eigenvalue weighted by atomic mass is 79.9. The number of alkyl halides is 1. The van der Waals surface area contributed by atoms with E-state index in [0.717, 1.165) is 48.9 Å². The molecule has 0 aromatic heterocycles. The van der Waals surface area contributed by atoms with Crippen LogP contribution in [0.3, 0.4) is 0 Å². The lowest BCUT2D eigenvalue weighted by molar-refractivity contribution is -0.129. The van der Waals surface area contributed by atoms with Crippen LogP contribution in [0.15, 0.2) is 0 Å². The van der Waals surface area contributed by atoms with E-state index < -0.39 is 5.60 Å². The smallest absolute Gasteiger partial charge is 0.147 e. The minimum Gasteiger partial charge on any atom is -0.390 e. The van der Waals surface area contributed by atoms with E-state index in [9.17, 15) is 9.90 Å². The summed E-state index contributed by atoms with van der Waals surface area (Å²) in [4.78, 5) is 12.5. The summed E-state index contributed by atoms with van der Waals surface area (Å²) in [5.74, 6) is 4.83. The van der Waals surface area contributed by atoms with Gasteiger partial charge in [0.05, 0.1) is 10.9 Å². The van der Waals surface area contributed by atoms with Crippen LogP contribution in [0, 0.1) is 40.9 Å². The first-order valence-corrected chi connectivity index (χ1v) is 11.3. The second kappa shape index (κ2) is 6.08.